The van der Waals surface area contributed by atoms with Crippen LogP contribution in [0.5, 0.6) is 0 Å². The zero-order valence-electron chi connectivity index (χ0n) is 9.51. The van der Waals surface area contributed by atoms with Gasteiger partial charge in [-0.05, 0) is 12.5 Å². The zero-order chi connectivity index (χ0) is 10.9. The molecule has 4 nitrogen and oxygen atoms in total. The highest BCUT2D eigenvalue weighted by Gasteiger charge is 2.35. The molecule has 86 valence electrons. The Kier molecular flexibility index (Phi) is 2.98. The minimum absolute atomic E-state index is 0.148. The molecular formula is C11H20N2O2. The van der Waals surface area contributed by atoms with E-state index in [1.54, 1.807) is 0 Å². The maximum atomic E-state index is 11.9. The van der Waals surface area contributed by atoms with Gasteiger partial charge in [-0.1, -0.05) is 13.8 Å². The predicted molar refractivity (Wildman–Crippen MR) is 57.5 cm³/mol. The summed E-state index contributed by atoms with van der Waals surface area (Å²) in [5, 5.41) is 6.28. The first-order chi connectivity index (χ1) is 7.11. The van der Waals surface area contributed by atoms with Crippen molar-refractivity contribution in [1.82, 2.24) is 10.6 Å². The Labute approximate surface area is 90.8 Å². The third-order valence-corrected chi connectivity index (χ3v) is 3.44. The number of amides is 1. The zero-order valence-corrected chi connectivity index (χ0v) is 9.51. The van der Waals surface area contributed by atoms with E-state index in [-0.39, 0.29) is 17.2 Å². The first kappa shape index (κ1) is 10.9. The molecule has 0 aromatic carbocycles. The number of nitrogens with one attached hydrogen (secondary N) is 2. The highest BCUT2D eigenvalue weighted by molar-refractivity contribution is 5.79. The predicted octanol–water partition coefficient (Wildman–Crippen LogP) is -0.00540. The van der Waals surface area contributed by atoms with Crippen molar-refractivity contribution in [3.05, 3.63) is 0 Å². The second-order valence-corrected chi connectivity index (χ2v) is 5.26. The molecule has 2 saturated heterocycles. The van der Waals surface area contributed by atoms with Crippen molar-refractivity contribution in [3.63, 3.8) is 0 Å². The summed E-state index contributed by atoms with van der Waals surface area (Å²) in [6, 6.07) is 0. The molecule has 2 heterocycles. The van der Waals surface area contributed by atoms with Crippen LogP contribution in [0.2, 0.25) is 0 Å². The van der Waals surface area contributed by atoms with Crippen molar-refractivity contribution in [1.29, 1.82) is 0 Å². The lowest BCUT2D eigenvalue weighted by Gasteiger charge is -2.38. The van der Waals surface area contributed by atoms with Gasteiger partial charge in [0.1, 0.15) is 0 Å². The lowest BCUT2D eigenvalue weighted by molar-refractivity contribution is -0.130. The van der Waals surface area contributed by atoms with Crippen molar-refractivity contribution >= 4 is 5.91 Å². The second-order valence-electron chi connectivity index (χ2n) is 5.26. The van der Waals surface area contributed by atoms with Crippen molar-refractivity contribution in [2.45, 2.75) is 13.8 Å². The SMILES string of the molecule is C[C@@H]1CNC[C@H]1C(=O)NCC1(C)COC1. The molecule has 2 N–H and O–H groups in total. The van der Waals surface area contributed by atoms with Gasteiger partial charge >= 0.3 is 0 Å². The molecule has 1 amide bonds. The fourth-order valence-electron chi connectivity index (χ4n) is 2.15. The summed E-state index contributed by atoms with van der Waals surface area (Å²) in [7, 11) is 0. The molecule has 0 aromatic heterocycles. The van der Waals surface area contributed by atoms with Gasteiger partial charge in [0.2, 0.25) is 5.91 Å². The van der Waals surface area contributed by atoms with Gasteiger partial charge in [0.25, 0.3) is 0 Å². The standard InChI is InChI=1S/C11H20N2O2/c1-8-3-12-4-9(8)10(14)13-5-11(2)6-15-7-11/h8-9,12H,3-7H2,1-2H3,(H,13,14)/t8-,9-/m1/s1. The molecule has 2 rings (SSSR count). The summed E-state index contributed by atoms with van der Waals surface area (Å²) in [5.74, 6) is 0.797. The van der Waals surface area contributed by atoms with Crippen LogP contribution in [0.3, 0.4) is 0 Å². The Bertz CT molecular complexity index is 251. The van der Waals surface area contributed by atoms with Crippen LogP contribution in [0.25, 0.3) is 0 Å². The van der Waals surface area contributed by atoms with E-state index in [1.165, 1.54) is 0 Å². The molecule has 0 radical (unpaired) electrons. The molecule has 0 aliphatic carbocycles. The topological polar surface area (TPSA) is 50.4 Å². The molecule has 2 atom stereocenters. The van der Waals surface area contributed by atoms with Gasteiger partial charge in [0.05, 0.1) is 19.1 Å². The van der Waals surface area contributed by atoms with E-state index >= 15 is 0 Å². The average molecular weight is 212 g/mol. The van der Waals surface area contributed by atoms with Gasteiger partial charge in [0.15, 0.2) is 0 Å². The Morgan fingerprint density at radius 1 is 1.53 bits per heavy atom. The molecule has 2 fully saturated rings. The molecule has 4 heteroatoms. The Balaban J connectivity index is 1.76. The van der Waals surface area contributed by atoms with Crippen molar-refractivity contribution in [2.24, 2.45) is 17.3 Å². The van der Waals surface area contributed by atoms with E-state index in [0.29, 0.717) is 5.92 Å². The van der Waals surface area contributed by atoms with E-state index in [4.69, 9.17) is 4.74 Å². The maximum absolute atomic E-state index is 11.9. The van der Waals surface area contributed by atoms with Crippen LogP contribution in [-0.4, -0.2) is 38.8 Å². The summed E-state index contributed by atoms with van der Waals surface area (Å²) in [5.41, 5.74) is 0.172. The molecule has 0 aromatic rings. The Morgan fingerprint density at radius 2 is 2.27 bits per heavy atom. The van der Waals surface area contributed by atoms with Crippen LogP contribution in [0.15, 0.2) is 0 Å². The number of carbonyl (C=O) groups excluding carboxylic acids is 1. The number of hydrogen-bond donors (Lipinski definition) is 2. The molecule has 2 aliphatic rings. The van der Waals surface area contributed by atoms with E-state index in [2.05, 4.69) is 24.5 Å². The van der Waals surface area contributed by atoms with Gasteiger partial charge in [-0.2, -0.15) is 0 Å². The van der Waals surface area contributed by atoms with E-state index in [9.17, 15) is 4.79 Å². The summed E-state index contributed by atoms with van der Waals surface area (Å²) >= 11 is 0. The Morgan fingerprint density at radius 3 is 2.73 bits per heavy atom. The summed E-state index contributed by atoms with van der Waals surface area (Å²) in [6.45, 7) is 8.33. The normalized spacial score (nSPS) is 33.5. The highest BCUT2D eigenvalue weighted by atomic mass is 16.5. The van der Waals surface area contributed by atoms with Crippen LogP contribution in [0, 0.1) is 17.3 Å². The first-order valence-electron chi connectivity index (χ1n) is 5.67. The fourth-order valence-corrected chi connectivity index (χ4v) is 2.15. The minimum atomic E-state index is 0.148. The molecule has 2 aliphatic heterocycles. The first-order valence-corrected chi connectivity index (χ1v) is 5.67. The second kappa shape index (κ2) is 4.10. The summed E-state index contributed by atoms with van der Waals surface area (Å²) in [6.07, 6.45) is 0. The van der Waals surface area contributed by atoms with Gasteiger partial charge in [-0.25, -0.2) is 0 Å². The smallest absolute Gasteiger partial charge is 0.224 e. The number of carbonyl (C=O) groups is 1. The van der Waals surface area contributed by atoms with Crippen LogP contribution in [0.4, 0.5) is 0 Å². The quantitative estimate of drug-likeness (QED) is 0.692. The third-order valence-electron chi connectivity index (χ3n) is 3.44. The van der Waals surface area contributed by atoms with Crippen LogP contribution < -0.4 is 10.6 Å². The number of ether oxygens (including phenoxy) is 1. The molecule has 0 bridgehead atoms. The molecule has 0 spiro atoms. The third kappa shape index (κ3) is 2.32. The number of rotatable bonds is 3. The van der Waals surface area contributed by atoms with E-state index in [1.807, 2.05) is 0 Å². The molecule has 15 heavy (non-hydrogen) atoms. The lowest BCUT2D eigenvalue weighted by atomic mass is 9.88. The van der Waals surface area contributed by atoms with Gasteiger partial charge in [-0.15, -0.1) is 0 Å². The van der Waals surface area contributed by atoms with Crippen molar-refractivity contribution < 1.29 is 9.53 Å². The van der Waals surface area contributed by atoms with Gasteiger partial charge < -0.3 is 15.4 Å². The van der Waals surface area contributed by atoms with E-state index in [0.717, 1.165) is 32.8 Å². The largest absolute Gasteiger partial charge is 0.380 e. The van der Waals surface area contributed by atoms with Crippen molar-refractivity contribution in [2.75, 3.05) is 32.8 Å². The number of hydrogen-bond acceptors (Lipinski definition) is 3. The van der Waals surface area contributed by atoms with Crippen LogP contribution >= 0.6 is 0 Å². The molecule has 0 saturated carbocycles. The molecule has 0 unspecified atom stereocenters. The monoisotopic (exact) mass is 212 g/mol. The summed E-state index contributed by atoms with van der Waals surface area (Å²) < 4.78 is 5.15. The fraction of sp³-hybridized carbons (Fsp3) is 0.909. The summed E-state index contributed by atoms with van der Waals surface area (Å²) in [4.78, 5) is 11.9. The minimum Gasteiger partial charge on any atom is -0.380 e. The van der Waals surface area contributed by atoms with E-state index < -0.39 is 0 Å². The Hall–Kier alpha value is -0.610. The van der Waals surface area contributed by atoms with Gasteiger partial charge in [0, 0.05) is 18.5 Å². The maximum Gasteiger partial charge on any atom is 0.224 e. The van der Waals surface area contributed by atoms with Crippen molar-refractivity contribution in [3.8, 4) is 0 Å². The van der Waals surface area contributed by atoms with Crippen LogP contribution in [-0.2, 0) is 9.53 Å². The van der Waals surface area contributed by atoms with Crippen LogP contribution in [0.1, 0.15) is 13.8 Å². The van der Waals surface area contributed by atoms with Gasteiger partial charge in [-0.3, -0.25) is 4.79 Å². The molecular weight excluding hydrogens is 192 g/mol. The highest BCUT2D eigenvalue weighted by Crippen LogP contribution is 2.25. The lowest BCUT2D eigenvalue weighted by Crippen LogP contribution is -2.50. The average Bonchev–Trinajstić information content (AvgIpc) is 2.58.